The van der Waals surface area contributed by atoms with Crippen LogP contribution >= 0.6 is 11.8 Å². The summed E-state index contributed by atoms with van der Waals surface area (Å²) in [6.07, 6.45) is 3.98. The summed E-state index contributed by atoms with van der Waals surface area (Å²) >= 11 is 1.35. The van der Waals surface area contributed by atoms with Gasteiger partial charge in [-0.1, -0.05) is 17.8 Å². The summed E-state index contributed by atoms with van der Waals surface area (Å²) in [5.74, 6) is -0.466. The van der Waals surface area contributed by atoms with Crippen LogP contribution in [0.25, 0.3) is 0 Å². The van der Waals surface area contributed by atoms with Gasteiger partial charge in [0.15, 0.2) is 5.16 Å². The van der Waals surface area contributed by atoms with E-state index in [4.69, 9.17) is 5.73 Å². The Bertz CT molecular complexity index is 711. The number of rotatable bonds is 6. The second kappa shape index (κ2) is 6.18. The molecule has 2 aromatic rings. The topological polar surface area (TPSA) is 103 Å². The van der Waals surface area contributed by atoms with E-state index in [1.54, 1.807) is 30.6 Å². The molecule has 3 N–H and O–H groups in total. The van der Waals surface area contributed by atoms with Crippen LogP contribution in [0, 0.1) is 0 Å². The van der Waals surface area contributed by atoms with E-state index in [1.165, 1.54) is 11.8 Å². The number of anilines is 1. The van der Waals surface area contributed by atoms with Crippen LogP contribution in [0.2, 0.25) is 0 Å². The van der Waals surface area contributed by atoms with Gasteiger partial charge in [-0.2, -0.15) is 0 Å². The maximum Gasteiger partial charge on any atom is 0.248 e. The lowest BCUT2D eigenvalue weighted by molar-refractivity contribution is -0.113. The first-order valence-electron chi connectivity index (χ1n) is 6.85. The zero-order chi connectivity index (χ0) is 15.5. The number of aromatic nitrogens is 3. The third-order valence-corrected chi connectivity index (χ3v) is 4.20. The Labute approximate surface area is 131 Å². The monoisotopic (exact) mass is 317 g/mol. The van der Waals surface area contributed by atoms with Gasteiger partial charge < -0.3 is 15.6 Å². The molecule has 1 fully saturated rings. The number of benzene rings is 1. The van der Waals surface area contributed by atoms with Gasteiger partial charge in [0.05, 0.1) is 5.75 Å². The Morgan fingerprint density at radius 3 is 2.95 bits per heavy atom. The van der Waals surface area contributed by atoms with Gasteiger partial charge in [-0.3, -0.25) is 9.59 Å². The molecule has 1 heterocycles. The smallest absolute Gasteiger partial charge is 0.248 e. The summed E-state index contributed by atoms with van der Waals surface area (Å²) in [6, 6.07) is 7.02. The van der Waals surface area contributed by atoms with Crippen molar-refractivity contribution in [3.8, 4) is 0 Å². The molecule has 1 saturated carbocycles. The number of hydrogen-bond donors (Lipinski definition) is 2. The van der Waals surface area contributed by atoms with Gasteiger partial charge >= 0.3 is 0 Å². The van der Waals surface area contributed by atoms with E-state index in [0.717, 1.165) is 18.0 Å². The van der Waals surface area contributed by atoms with E-state index >= 15 is 0 Å². The Kier molecular flexibility index (Phi) is 4.10. The molecular weight excluding hydrogens is 302 g/mol. The second-order valence-corrected chi connectivity index (χ2v) is 5.98. The highest BCUT2D eigenvalue weighted by molar-refractivity contribution is 7.99. The SMILES string of the molecule is NC(=O)c1cccc(NC(=O)CSc2nncn2C2CC2)c1. The highest BCUT2D eigenvalue weighted by atomic mass is 32.2. The van der Waals surface area contributed by atoms with Crippen LogP contribution in [-0.4, -0.2) is 32.3 Å². The maximum atomic E-state index is 12.0. The third-order valence-electron chi connectivity index (χ3n) is 3.24. The molecule has 0 saturated heterocycles. The average Bonchev–Trinajstić information content (AvgIpc) is 3.24. The highest BCUT2D eigenvalue weighted by Gasteiger charge is 2.26. The summed E-state index contributed by atoms with van der Waals surface area (Å²) in [5.41, 5.74) is 6.12. The van der Waals surface area contributed by atoms with Crippen molar-refractivity contribution < 1.29 is 9.59 Å². The Morgan fingerprint density at radius 1 is 1.41 bits per heavy atom. The maximum absolute atomic E-state index is 12.0. The molecule has 2 amide bonds. The normalized spacial score (nSPS) is 13.8. The van der Waals surface area contributed by atoms with Crippen molar-refractivity contribution in [1.82, 2.24) is 14.8 Å². The van der Waals surface area contributed by atoms with E-state index in [1.807, 2.05) is 4.57 Å². The minimum absolute atomic E-state index is 0.169. The summed E-state index contributed by atoms with van der Waals surface area (Å²) in [5, 5.41) is 11.4. The minimum atomic E-state index is -0.525. The van der Waals surface area contributed by atoms with Crippen molar-refractivity contribution in [1.29, 1.82) is 0 Å². The molecular formula is C14H15N5O2S. The molecule has 0 aliphatic heterocycles. The first-order valence-corrected chi connectivity index (χ1v) is 7.84. The highest BCUT2D eigenvalue weighted by Crippen LogP contribution is 2.37. The largest absolute Gasteiger partial charge is 0.366 e. The molecule has 1 aromatic heterocycles. The zero-order valence-corrected chi connectivity index (χ0v) is 12.5. The molecule has 0 atom stereocenters. The first kappa shape index (κ1) is 14.6. The predicted octanol–water partition coefficient (Wildman–Crippen LogP) is 1.44. The fraction of sp³-hybridized carbons (Fsp3) is 0.286. The van der Waals surface area contributed by atoms with Gasteiger partial charge in [0.1, 0.15) is 6.33 Å². The number of carbonyl (C=O) groups excluding carboxylic acids is 2. The number of carbonyl (C=O) groups is 2. The predicted molar refractivity (Wildman–Crippen MR) is 82.6 cm³/mol. The Hall–Kier alpha value is -2.35. The van der Waals surface area contributed by atoms with Crippen LogP contribution < -0.4 is 11.1 Å². The lowest BCUT2D eigenvalue weighted by Crippen LogP contribution is -2.16. The van der Waals surface area contributed by atoms with Crippen LogP contribution in [0.4, 0.5) is 5.69 Å². The van der Waals surface area contributed by atoms with Crippen LogP contribution in [0.5, 0.6) is 0 Å². The van der Waals surface area contributed by atoms with Gasteiger partial charge in [-0.15, -0.1) is 10.2 Å². The standard InChI is InChI=1S/C14H15N5O2S/c15-13(21)9-2-1-3-10(6-9)17-12(20)7-22-14-18-16-8-19(14)11-4-5-11/h1-3,6,8,11H,4-5,7H2,(H2,15,21)(H,17,20). The molecule has 0 spiro atoms. The van der Waals surface area contributed by atoms with Crippen molar-refractivity contribution in [2.24, 2.45) is 5.73 Å². The zero-order valence-electron chi connectivity index (χ0n) is 11.7. The van der Waals surface area contributed by atoms with Crippen molar-refractivity contribution >= 4 is 29.3 Å². The van der Waals surface area contributed by atoms with Gasteiger partial charge in [0.2, 0.25) is 11.8 Å². The van der Waals surface area contributed by atoms with Crippen molar-refractivity contribution in [3.05, 3.63) is 36.2 Å². The van der Waals surface area contributed by atoms with E-state index in [0.29, 0.717) is 17.3 Å². The van der Waals surface area contributed by atoms with Crippen LogP contribution in [-0.2, 0) is 4.79 Å². The number of nitrogens with two attached hydrogens (primary N) is 1. The molecule has 0 bridgehead atoms. The second-order valence-electron chi connectivity index (χ2n) is 5.03. The van der Waals surface area contributed by atoms with E-state index in [9.17, 15) is 9.59 Å². The molecule has 1 aliphatic rings. The summed E-state index contributed by atoms with van der Waals surface area (Å²) in [6.45, 7) is 0. The molecule has 1 aromatic carbocycles. The van der Waals surface area contributed by atoms with Crippen LogP contribution in [0.15, 0.2) is 35.7 Å². The number of nitrogens with one attached hydrogen (secondary N) is 1. The van der Waals surface area contributed by atoms with Gasteiger partial charge in [0.25, 0.3) is 0 Å². The molecule has 1 aliphatic carbocycles. The van der Waals surface area contributed by atoms with Gasteiger partial charge in [0, 0.05) is 17.3 Å². The van der Waals surface area contributed by atoms with E-state index < -0.39 is 5.91 Å². The first-order chi connectivity index (χ1) is 10.6. The van der Waals surface area contributed by atoms with Crippen molar-refractivity contribution in [3.63, 3.8) is 0 Å². The molecule has 0 unspecified atom stereocenters. The fourth-order valence-electron chi connectivity index (χ4n) is 2.02. The summed E-state index contributed by atoms with van der Waals surface area (Å²) in [7, 11) is 0. The van der Waals surface area contributed by atoms with E-state index in [-0.39, 0.29) is 11.7 Å². The molecule has 7 nitrogen and oxygen atoms in total. The number of amides is 2. The third kappa shape index (κ3) is 3.45. The van der Waals surface area contributed by atoms with Crippen molar-refractivity contribution in [2.45, 2.75) is 24.0 Å². The lowest BCUT2D eigenvalue weighted by Gasteiger charge is -2.07. The molecule has 0 radical (unpaired) electrons. The average molecular weight is 317 g/mol. The van der Waals surface area contributed by atoms with Gasteiger partial charge in [-0.25, -0.2) is 0 Å². The van der Waals surface area contributed by atoms with E-state index in [2.05, 4.69) is 15.5 Å². The molecule has 3 rings (SSSR count). The number of nitrogens with zero attached hydrogens (tertiary/aromatic N) is 3. The van der Waals surface area contributed by atoms with Crippen molar-refractivity contribution in [2.75, 3.05) is 11.1 Å². The summed E-state index contributed by atoms with van der Waals surface area (Å²) < 4.78 is 2.01. The number of hydrogen-bond acceptors (Lipinski definition) is 5. The summed E-state index contributed by atoms with van der Waals surface area (Å²) in [4.78, 5) is 23.1. The molecule has 22 heavy (non-hydrogen) atoms. The fourth-order valence-corrected chi connectivity index (χ4v) is 2.80. The molecule has 8 heteroatoms. The minimum Gasteiger partial charge on any atom is -0.366 e. The Morgan fingerprint density at radius 2 is 2.23 bits per heavy atom. The number of primary amides is 1. The quantitative estimate of drug-likeness (QED) is 0.785. The van der Waals surface area contributed by atoms with Gasteiger partial charge in [-0.05, 0) is 31.0 Å². The molecule has 114 valence electrons. The van der Waals surface area contributed by atoms with Crippen LogP contribution in [0.3, 0.4) is 0 Å². The number of thioether (sulfide) groups is 1. The van der Waals surface area contributed by atoms with Crippen LogP contribution in [0.1, 0.15) is 29.2 Å². The Balaban J connectivity index is 1.57. The lowest BCUT2D eigenvalue weighted by atomic mass is 10.2.